The first kappa shape index (κ1) is 15.3. The van der Waals surface area contributed by atoms with Gasteiger partial charge in [-0.15, -0.1) is 0 Å². The number of rotatable bonds is 5. The molecule has 1 aromatic heterocycles. The Hall–Kier alpha value is -1.62. The Bertz CT molecular complexity index is 630. The molecule has 1 fully saturated rings. The molecule has 1 saturated heterocycles. The van der Waals surface area contributed by atoms with Gasteiger partial charge < -0.3 is 9.30 Å². The molecule has 3 rings (SSSR count). The standard InChI is InChI=1S/C17H19ClN2O2/c18-15-5-3-14(4-6-15)17(21)16-2-1-7-20(16)9-8-19-10-12-22-13-11-19/h1-7H,8-13H2. The molecule has 1 aliphatic heterocycles. The SMILES string of the molecule is O=C(c1ccc(Cl)cc1)c1cccn1CCN1CCOCC1. The number of carbonyl (C=O) groups is 1. The third-order valence-electron chi connectivity index (χ3n) is 3.93. The summed E-state index contributed by atoms with van der Waals surface area (Å²) in [5.74, 6) is 0.0312. The molecule has 1 aliphatic rings. The summed E-state index contributed by atoms with van der Waals surface area (Å²) in [5, 5.41) is 0.638. The van der Waals surface area contributed by atoms with Gasteiger partial charge in [-0.05, 0) is 36.4 Å². The highest BCUT2D eigenvalue weighted by Gasteiger charge is 2.15. The maximum atomic E-state index is 12.6. The summed E-state index contributed by atoms with van der Waals surface area (Å²) in [6, 6.07) is 10.8. The van der Waals surface area contributed by atoms with Crippen LogP contribution in [0.2, 0.25) is 5.02 Å². The normalized spacial score (nSPS) is 15.9. The number of halogens is 1. The average molecular weight is 319 g/mol. The van der Waals surface area contributed by atoms with Crippen LogP contribution in [0.25, 0.3) is 0 Å². The summed E-state index contributed by atoms with van der Waals surface area (Å²) < 4.78 is 7.37. The maximum absolute atomic E-state index is 12.6. The molecule has 0 radical (unpaired) electrons. The van der Waals surface area contributed by atoms with E-state index in [1.807, 2.05) is 22.9 Å². The van der Waals surface area contributed by atoms with E-state index >= 15 is 0 Å². The van der Waals surface area contributed by atoms with Crippen LogP contribution >= 0.6 is 11.6 Å². The molecule has 0 N–H and O–H groups in total. The minimum atomic E-state index is 0.0312. The molecule has 0 aliphatic carbocycles. The molecule has 0 amide bonds. The fourth-order valence-electron chi connectivity index (χ4n) is 2.64. The van der Waals surface area contributed by atoms with Gasteiger partial charge in [0.05, 0.1) is 18.9 Å². The Morgan fingerprint density at radius 1 is 1.09 bits per heavy atom. The Labute approximate surface area is 135 Å². The van der Waals surface area contributed by atoms with Gasteiger partial charge in [-0.3, -0.25) is 9.69 Å². The zero-order valence-corrected chi connectivity index (χ0v) is 13.1. The lowest BCUT2D eigenvalue weighted by Crippen LogP contribution is -2.38. The molecule has 0 unspecified atom stereocenters. The van der Waals surface area contributed by atoms with E-state index in [1.165, 1.54) is 0 Å². The fourth-order valence-corrected chi connectivity index (χ4v) is 2.76. The Morgan fingerprint density at radius 3 is 2.55 bits per heavy atom. The second-order valence-corrected chi connectivity index (χ2v) is 5.81. The van der Waals surface area contributed by atoms with Crippen molar-refractivity contribution in [2.75, 3.05) is 32.8 Å². The van der Waals surface area contributed by atoms with E-state index in [9.17, 15) is 4.79 Å². The summed E-state index contributed by atoms with van der Waals surface area (Å²) in [4.78, 5) is 15.0. The number of ether oxygens (including phenoxy) is 1. The number of ketones is 1. The van der Waals surface area contributed by atoms with Gasteiger partial charge in [0.1, 0.15) is 0 Å². The van der Waals surface area contributed by atoms with Gasteiger partial charge in [-0.1, -0.05) is 11.6 Å². The number of benzene rings is 1. The molecule has 22 heavy (non-hydrogen) atoms. The van der Waals surface area contributed by atoms with Crippen LogP contribution in [-0.4, -0.2) is 48.1 Å². The molecule has 116 valence electrons. The molecule has 2 heterocycles. The van der Waals surface area contributed by atoms with Crippen molar-refractivity contribution in [2.24, 2.45) is 0 Å². The highest BCUT2D eigenvalue weighted by molar-refractivity contribution is 6.30. The van der Waals surface area contributed by atoms with E-state index in [0.717, 1.165) is 45.1 Å². The van der Waals surface area contributed by atoms with Crippen molar-refractivity contribution in [3.05, 3.63) is 58.9 Å². The second-order valence-electron chi connectivity index (χ2n) is 5.38. The number of carbonyl (C=O) groups excluding carboxylic acids is 1. The maximum Gasteiger partial charge on any atom is 0.209 e. The first-order valence-electron chi connectivity index (χ1n) is 7.49. The number of hydrogen-bond acceptors (Lipinski definition) is 3. The topological polar surface area (TPSA) is 34.5 Å². The first-order chi connectivity index (χ1) is 10.7. The largest absolute Gasteiger partial charge is 0.379 e. The lowest BCUT2D eigenvalue weighted by Gasteiger charge is -2.26. The van der Waals surface area contributed by atoms with Crippen molar-refractivity contribution in [3.63, 3.8) is 0 Å². The minimum absolute atomic E-state index is 0.0312. The quantitative estimate of drug-likeness (QED) is 0.795. The highest BCUT2D eigenvalue weighted by atomic mass is 35.5. The minimum Gasteiger partial charge on any atom is -0.379 e. The first-order valence-corrected chi connectivity index (χ1v) is 7.87. The number of hydrogen-bond donors (Lipinski definition) is 0. The molecule has 0 spiro atoms. The molecular formula is C17H19ClN2O2. The van der Waals surface area contributed by atoms with E-state index in [2.05, 4.69) is 4.90 Å². The van der Waals surface area contributed by atoms with Crippen molar-refractivity contribution in [1.29, 1.82) is 0 Å². The molecule has 1 aromatic carbocycles. The molecule has 0 bridgehead atoms. The third-order valence-corrected chi connectivity index (χ3v) is 4.18. The van der Waals surface area contributed by atoms with Crippen molar-refractivity contribution in [3.8, 4) is 0 Å². The lowest BCUT2D eigenvalue weighted by molar-refractivity contribution is 0.0363. The fraction of sp³-hybridized carbons (Fsp3) is 0.353. The van der Waals surface area contributed by atoms with Crippen LogP contribution < -0.4 is 0 Å². The molecule has 5 heteroatoms. The zero-order valence-electron chi connectivity index (χ0n) is 12.4. The number of morpholine rings is 1. The Balaban J connectivity index is 1.68. The summed E-state index contributed by atoms with van der Waals surface area (Å²) >= 11 is 5.88. The van der Waals surface area contributed by atoms with Crippen molar-refractivity contribution >= 4 is 17.4 Å². The highest BCUT2D eigenvalue weighted by Crippen LogP contribution is 2.14. The molecule has 2 aromatic rings. The van der Waals surface area contributed by atoms with Crippen LogP contribution in [0.15, 0.2) is 42.6 Å². The van der Waals surface area contributed by atoms with Crippen molar-refractivity contribution in [2.45, 2.75) is 6.54 Å². The van der Waals surface area contributed by atoms with E-state index in [0.29, 0.717) is 10.6 Å². The second kappa shape index (κ2) is 7.09. The van der Waals surface area contributed by atoms with Crippen molar-refractivity contribution < 1.29 is 9.53 Å². The summed E-state index contributed by atoms with van der Waals surface area (Å²) in [6.45, 7) is 5.24. The van der Waals surface area contributed by atoms with Crippen LogP contribution in [0, 0.1) is 0 Å². The smallest absolute Gasteiger partial charge is 0.209 e. The molecular weight excluding hydrogens is 300 g/mol. The third kappa shape index (κ3) is 3.58. The molecule has 0 saturated carbocycles. The molecule has 0 atom stereocenters. The van der Waals surface area contributed by atoms with Gasteiger partial charge in [-0.2, -0.15) is 0 Å². The van der Waals surface area contributed by atoms with Crippen molar-refractivity contribution in [1.82, 2.24) is 9.47 Å². The molecule has 4 nitrogen and oxygen atoms in total. The summed E-state index contributed by atoms with van der Waals surface area (Å²) in [7, 11) is 0. The lowest BCUT2D eigenvalue weighted by atomic mass is 10.1. The van der Waals surface area contributed by atoms with Gasteiger partial charge in [0.2, 0.25) is 5.78 Å². The van der Waals surface area contributed by atoms with Gasteiger partial charge in [-0.25, -0.2) is 0 Å². The number of nitrogens with zero attached hydrogens (tertiary/aromatic N) is 2. The van der Waals surface area contributed by atoms with Gasteiger partial charge in [0.15, 0.2) is 0 Å². The van der Waals surface area contributed by atoms with E-state index in [1.54, 1.807) is 24.3 Å². The number of aromatic nitrogens is 1. The van der Waals surface area contributed by atoms with E-state index < -0.39 is 0 Å². The van der Waals surface area contributed by atoms with E-state index in [-0.39, 0.29) is 5.78 Å². The van der Waals surface area contributed by atoms with Gasteiger partial charge in [0, 0.05) is 43.0 Å². The van der Waals surface area contributed by atoms with Crippen LogP contribution in [-0.2, 0) is 11.3 Å². The van der Waals surface area contributed by atoms with Crippen LogP contribution in [0.3, 0.4) is 0 Å². The predicted molar refractivity (Wildman–Crippen MR) is 86.6 cm³/mol. The monoisotopic (exact) mass is 318 g/mol. The average Bonchev–Trinajstić information content (AvgIpc) is 3.02. The zero-order chi connectivity index (χ0) is 15.4. The Kier molecular flexibility index (Phi) is 4.93. The Morgan fingerprint density at radius 2 is 1.82 bits per heavy atom. The van der Waals surface area contributed by atoms with Crippen LogP contribution in [0.5, 0.6) is 0 Å². The summed E-state index contributed by atoms with van der Waals surface area (Å²) in [6.07, 6.45) is 1.96. The van der Waals surface area contributed by atoms with Gasteiger partial charge in [0.25, 0.3) is 0 Å². The van der Waals surface area contributed by atoms with Crippen LogP contribution in [0.4, 0.5) is 0 Å². The summed E-state index contributed by atoms with van der Waals surface area (Å²) in [5.41, 5.74) is 1.38. The van der Waals surface area contributed by atoms with Gasteiger partial charge >= 0.3 is 0 Å². The van der Waals surface area contributed by atoms with E-state index in [4.69, 9.17) is 16.3 Å². The van der Waals surface area contributed by atoms with Crippen LogP contribution in [0.1, 0.15) is 16.1 Å². The predicted octanol–water partition coefficient (Wildman–Crippen LogP) is 2.70.